The van der Waals surface area contributed by atoms with Crippen molar-refractivity contribution in [2.24, 2.45) is 5.92 Å². The number of fused-ring (bicyclic) bond motifs is 1. The van der Waals surface area contributed by atoms with Crippen LogP contribution in [-0.4, -0.2) is 34.9 Å². The number of likely N-dealkylation sites (N-methyl/N-ethyl adjacent to an activating group) is 1. The zero-order chi connectivity index (χ0) is 13.9. The minimum Gasteiger partial charge on any atom is -0.340 e. The minimum atomic E-state index is 0. The van der Waals surface area contributed by atoms with Crippen molar-refractivity contribution in [1.29, 1.82) is 0 Å². The average molecular weight is 346 g/mol. The first-order chi connectivity index (χ1) is 9.74. The average Bonchev–Trinajstić information content (AvgIpc) is 2.91. The van der Waals surface area contributed by atoms with Crippen molar-refractivity contribution < 1.29 is 4.79 Å². The lowest BCUT2D eigenvalue weighted by Gasteiger charge is -2.24. The summed E-state index contributed by atoms with van der Waals surface area (Å²) in [6.07, 6.45) is 9.73. The topological polar surface area (TPSA) is 45.2 Å². The molecular formula is C16H25Cl2N3O. The number of carbonyl (C=O) groups excluding carboxylic acids is 1. The number of aromatic nitrogens is 1. The summed E-state index contributed by atoms with van der Waals surface area (Å²) in [4.78, 5) is 18.4. The third kappa shape index (κ3) is 4.34. The Morgan fingerprint density at radius 3 is 2.64 bits per heavy atom. The van der Waals surface area contributed by atoms with Crippen LogP contribution in [0.15, 0.2) is 24.5 Å². The van der Waals surface area contributed by atoms with E-state index in [-0.39, 0.29) is 36.8 Å². The second-order valence-electron chi connectivity index (χ2n) is 6.16. The summed E-state index contributed by atoms with van der Waals surface area (Å²) in [5.41, 5.74) is 1.13. The molecule has 2 aliphatic rings. The van der Waals surface area contributed by atoms with Crippen LogP contribution in [0.2, 0.25) is 0 Å². The van der Waals surface area contributed by atoms with E-state index in [2.05, 4.69) is 10.3 Å². The summed E-state index contributed by atoms with van der Waals surface area (Å²) in [6, 6.07) is 4.53. The second-order valence-corrected chi connectivity index (χ2v) is 6.16. The molecule has 1 aromatic rings. The van der Waals surface area contributed by atoms with Crippen molar-refractivity contribution in [3.8, 4) is 0 Å². The fraction of sp³-hybridized carbons (Fsp3) is 0.625. The third-order valence-corrected chi connectivity index (χ3v) is 4.71. The van der Waals surface area contributed by atoms with Gasteiger partial charge in [-0.25, -0.2) is 0 Å². The zero-order valence-electron chi connectivity index (χ0n) is 12.9. The molecule has 3 atom stereocenters. The molecule has 124 valence electrons. The predicted octanol–water partition coefficient (Wildman–Crippen LogP) is 2.80. The summed E-state index contributed by atoms with van der Waals surface area (Å²) < 4.78 is 0. The van der Waals surface area contributed by atoms with E-state index in [9.17, 15) is 4.79 Å². The first-order valence-corrected chi connectivity index (χ1v) is 7.64. The van der Waals surface area contributed by atoms with Crippen LogP contribution in [0.4, 0.5) is 0 Å². The summed E-state index contributed by atoms with van der Waals surface area (Å²) in [6.45, 7) is 0.662. The van der Waals surface area contributed by atoms with E-state index in [1.54, 1.807) is 12.4 Å². The highest BCUT2D eigenvalue weighted by molar-refractivity contribution is 5.85. The van der Waals surface area contributed by atoms with Gasteiger partial charge in [0.15, 0.2) is 0 Å². The normalized spacial score (nSPS) is 26.3. The van der Waals surface area contributed by atoms with Gasteiger partial charge in [0.25, 0.3) is 0 Å². The Hall–Kier alpha value is -0.840. The number of nitrogens with zero attached hydrogens (tertiary/aromatic N) is 2. The van der Waals surface area contributed by atoms with Gasteiger partial charge in [-0.05, 0) is 42.9 Å². The van der Waals surface area contributed by atoms with Gasteiger partial charge in [-0.1, -0.05) is 12.8 Å². The molecule has 22 heavy (non-hydrogen) atoms. The first-order valence-electron chi connectivity index (χ1n) is 7.64. The van der Waals surface area contributed by atoms with Crippen molar-refractivity contribution in [3.63, 3.8) is 0 Å². The maximum Gasteiger partial charge on any atom is 0.239 e. The van der Waals surface area contributed by atoms with Crippen LogP contribution < -0.4 is 5.32 Å². The van der Waals surface area contributed by atoms with Crippen molar-refractivity contribution in [2.75, 3.05) is 7.05 Å². The highest BCUT2D eigenvalue weighted by atomic mass is 35.5. The zero-order valence-corrected chi connectivity index (χ0v) is 14.5. The van der Waals surface area contributed by atoms with Crippen molar-refractivity contribution >= 4 is 30.7 Å². The Morgan fingerprint density at radius 1 is 1.27 bits per heavy atom. The molecule has 2 fully saturated rings. The maximum atomic E-state index is 12.5. The second kappa shape index (κ2) is 8.70. The van der Waals surface area contributed by atoms with Crippen molar-refractivity contribution in [1.82, 2.24) is 15.2 Å². The summed E-state index contributed by atoms with van der Waals surface area (Å²) in [5, 5.41) is 3.56. The molecule has 1 aliphatic carbocycles. The number of carbonyl (C=O) groups is 1. The van der Waals surface area contributed by atoms with Crippen LogP contribution in [0.25, 0.3) is 0 Å². The smallest absolute Gasteiger partial charge is 0.239 e. The minimum absolute atomic E-state index is 0. The Kier molecular flexibility index (Phi) is 7.60. The van der Waals surface area contributed by atoms with Crippen LogP contribution in [0, 0.1) is 5.92 Å². The molecule has 1 aromatic heterocycles. The largest absolute Gasteiger partial charge is 0.340 e. The molecule has 0 radical (unpaired) electrons. The molecule has 1 saturated carbocycles. The van der Waals surface area contributed by atoms with Gasteiger partial charge in [0, 0.05) is 32.0 Å². The van der Waals surface area contributed by atoms with Crippen LogP contribution in [0.1, 0.15) is 37.7 Å². The Balaban J connectivity index is 0.00000121. The van der Waals surface area contributed by atoms with Crippen LogP contribution in [-0.2, 0) is 11.3 Å². The lowest BCUT2D eigenvalue weighted by molar-refractivity contribution is -0.132. The molecule has 3 unspecified atom stereocenters. The monoisotopic (exact) mass is 345 g/mol. The molecule has 0 bridgehead atoms. The number of amides is 1. The Labute approximate surface area is 144 Å². The Morgan fingerprint density at radius 2 is 1.95 bits per heavy atom. The number of halogens is 2. The number of rotatable bonds is 3. The lowest BCUT2D eigenvalue weighted by Crippen LogP contribution is -2.43. The quantitative estimate of drug-likeness (QED) is 0.915. The van der Waals surface area contributed by atoms with Gasteiger partial charge in [-0.15, -0.1) is 24.8 Å². The van der Waals surface area contributed by atoms with Crippen molar-refractivity contribution in [3.05, 3.63) is 30.1 Å². The summed E-state index contributed by atoms with van der Waals surface area (Å²) >= 11 is 0. The van der Waals surface area contributed by atoms with E-state index in [4.69, 9.17) is 0 Å². The van der Waals surface area contributed by atoms with E-state index >= 15 is 0 Å². The number of hydrogen-bond donors (Lipinski definition) is 1. The van der Waals surface area contributed by atoms with Gasteiger partial charge in [-0.2, -0.15) is 0 Å². The number of hydrogen-bond acceptors (Lipinski definition) is 3. The highest BCUT2D eigenvalue weighted by Gasteiger charge is 2.39. The van der Waals surface area contributed by atoms with Gasteiger partial charge in [0.2, 0.25) is 5.91 Å². The van der Waals surface area contributed by atoms with Gasteiger partial charge in [-0.3, -0.25) is 9.78 Å². The van der Waals surface area contributed by atoms with Crippen molar-refractivity contribution in [2.45, 2.75) is 50.7 Å². The van der Waals surface area contributed by atoms with Gasteiger partial charge in [0.05, 0.1) is 6.04 Å². The third-order valence-electron chi connectivity index (χ3n) is 4.71. The predicted molar refractivity (Wildman–Crippen MR) is 92.5 cm³/mol. The summed E-state index contributed by atoms with van der Waals surface area (Å²) in [5.74, 6) is 0.947. The molecule has 6 heteroatoms. The van der Waals surface area contributed by atoms with E-state index in [0.29, 0.717) is 18.5 Å². The first kappa shape index (κ1) is 19.2. The van der Waals surface area contributed by atoms with E-state index in [1.165, 1.54) is 25.7 Å². The van der Waals surface area contributed by atoms with Gasteiger partial charge < -0.3 is 10.2 Å². The molecule has 4 nitrogen and oxygen atoms in total. The number of nitrogens with one attached hydrogen (secondary N) is 1. The maximum absolute atomic E-state index is 12.5. The lowest BCUT2D eigenvalue weighted by atomic mass is 9.85. The molecular weight excluding hydrogens is 321 g/mol. The fourth-order valence-electron chi connectivity index (χ4n) is 3.62. The van der Waals surface area contributed by atoms with Crippen LogP contribution >= 0.6 is 24.8 Å². The van der Waals surface area contributed by atoms with Gasteiger partial charge in [0.1, 0.15) is 0 Å². The molecule has 2 heterocycles. The molecule has 1 aliphatic heterocycles. The molecule has 0 aromatic carbocycles. The molecule has 1 N–H and O–H groups in total. The molecule has 1 amide bonds. The van der Waals surface area contributed by atoms with E-state index in [0.717, 1.165) is 12.0 Å². The molecule has 3 rings (SSSR count). The number of pyridine rings is 1. The molecule has 0 spiro atoms. The standard InChI is InChI=1S/C16H23N3O.2ClH/c1-19(11-12-6-8-17-9-7-12)16(20)15-10-13-4-2-3-5-14(13)18-15;;/h6-9,13-15,18H,2-5,10-11H2,1H3;2*1H. The SMILES string of the molecule is CN(Cc1ccncc1)C(=O)C1CC2CCCCC2N1.Cl.Cl. The highest BCUT2D eigenvalue weighted by Crippen LogP contribution is 2.33. The van der Waals surface area contributed by atoms with Gasteiger partial charge >= 0.3 is 0 Å². The van der Waals surface area contributed by atoms with E-state index in [1.807, 2.05) is 24.1 Å². The fourth-order valence-corrected chi connectivity index (χ4v) is 3.62. The summed E-state index contributed by atoms with van der Waals surface area (Å²) in [7, 11) is 1.90. The van der Waals surface area contributed by atoms with E-state index < -0.39 is 0 Å². The Bertz CT molecular complexity index is 458. The van der Waals surface area contributed by atoms with Crippen LogP contribution in [0.3, 0.4) is 0 Å². The van der Waals surface area contributed by atoms with Crippen LogP contribution in [0.5, 0.6) is 0 Å². The molecule has 1 saturated heterocycles.